The minimum atomic E-state index is 1.01. The molecule has 0 spiro atoms. The van der Waals surface area contributed by atoms with E-state index in [1.807, 2.05) is 0 Å². The minimum Gasteiger partial charge on any atom is -0.248 e. The van der Waals surface area contributed by atoms with Gasteiger partial charge in [0, 0.05) is 36.0 Å². The van der Waals surface area contributed by atoms with Gasteiger partial charge in [-0.05, 0) is 43.4 Å². The highest BCUT2D eigenvalue weighted by atomic mass is 127. The number of nitrogens with zero attached hydrogens (tertiary/aromatic N) is 1. The van der Waals surface area contributed by atoms with E-state index in [1.165, 1.54) is 38.8 Å². The van der Waals surface area contributed by atoms with Crippen molar-refractivity contribution in [3.8, 4) is 0 Å². The van der Waals surface area contributed by atoms with Crippen molar-refractivity contribution in [2.45, 2.75) is 32.6 Å². The van der Waals surface area contributed by atoms with Crippen molar-refractivity contribution in [2.24, 2.45) is 17.8 Å². The molecule has 2 atom stereocenters. The Morgan fingerprint density at radius 3 is 2.08 bits per heavy atom. The fraction of sp³-hybridized carbons (Fsp3) is 1.00. The lowest BCUT2D eigenvalue weighted by Gasteiger charge is -2.13. The molecule has 12 heavy (non-hydrogen) atoms. The van der Waals surface area contributed by atoms with Crippen LogP contribution in [0.4, 0.5) is 0 Å². The highest BCUT2D eigenvalue weighted by molar-refractivity contribution is 14.1. The van der Waals surface area contributed by atoms with Crippen LogP contribution in [0.1, 0.15) is 32.6 Å². The fourth-order valence-corrected chi connectivity index (χ4v) is 3.50. The van der Waals surface area contributed by atoms with Gasteiger partial charge in [0.05, 0.1) is 0 Å². The molecule has 0 N–H and O–H groups in total. The summed E-state index contributed by atoms with van der Waals surface area (Å²) >= 11 is 2.48. The van der Waals surface area contributed by atoms with E-state index in [9.17, 15) is 0 Å². The molecular formula is C10H18IN. The zero-order chi connectivity index (χ0) is 8.55. The molecular weight excluding hydrogens is 261 g/mol. The summed E-state index contributed by atoms with van der Waals surface area (Å²) in [7, 11) is 0. The van der Waals surface area contributed by atoms with Gasteiger partial charge in [0.25, 0.3) is 0 Å². The maximum atomic E-state index is 2.48. The zero-order valence-corrected chi connectivity index (χ0v) is 9.96. The van der Waals surface area contributed by atoms with Crippen LogP contribution in [0.5, 0.6) is 0 Å². The first kappa shape index (κ1) is 9.25. The molecule has 0 bridgehead atoms. The molecule has 1 aliphatic carbocycles. The highest BCUT2D eigenvalue weighted by Gasteiger charge is 2.33. The van der Waals surface area contributed by atoms with Gasteiger partial charge in [0.15, 0.2) is 0 Å². The summed E-state index contributed by atoms with van der Waals surface area (Å²) in [5.74, 6) is 3.15. The lowest BCUT2D eigenvalue weighted by Crippen LogP contribution is -2.12. The first-order valence-corrected chi connectivity index (χ1v) is 6.13. The predicted molar refractivity (Wildman–Crippen MR) is 60.2 cm³/mol. The molecule has 1 aliphatic heterocycles. The van der Waals surface area contributed by atoms with Crippen molar-refractivity contribution in [3.63, 3.8) is 0 Å². The van der Waals surface area contributed by atoms with Crippen LogP contribution in [0.2, 0.25) is 0 Å². The Kier molecular flexibility index (Phi) is 2.95. The average molecular weight is 279 g/mol. The van der Waals surface area contributed by atoms with Crippen molar-refractivity contribution >= 4 is 22.9 Å². The van der Waals surface area contributed by atoms with E-state index < -0.39 is 0 Å². The van der Waals surface area contributed by atoms with E-state index in [4.69, 9.17) is 0 Å². The summed E-state index contributed by atoms with van der Waals surface area (Å²) in [5, 5.41) is 0. The average Bonchev–Trinajstić information content (AvgIpc) is 2.31. The molecule has 2 fully saturated rings. The monoisotopic (exact) mass is 279 g/mol. The van der Waals surface area contributed by atoms with E-state index in [-0.39, 0.29) is 0 Å². The third-order valence-electron chi connectivity index (χ3n) is 3.56. The molecule has 70 valence electrons. The van der Waals surface area contributed by atoms with Gasteiger partial charge in [-0.2, -0.15) is 0 Å². The van der Waals surface area contributed by atoms with Crippen LogP contribution >= 0.6 is 22.9 Å². The lowest BCUT2D eigenvalue weighted by atomic mass is 9.92. The van der Waals surface area contributed by atoms with Crippen LogP contribution in [-0.2, 0) is 0 Å². The molecule has 1 heterocycles. The molecule has 1 saturated carbocycles. The SMILES string of the molecule is CC1CC2CCN(I)CCC2C1. The molecule has 0 radical (unpaired) electrons. The van der Waals surface area contributed by atoms with E-state index in [0.717, 1.165) is 17.8 Å². The van der Waals surface area contributed by atoms with Crippen molar-refractivity contribution < 1.29 is 0 Å². The van der Waals surface area contributed by atoms with Crippen molar-refractivity contribution in [2.75, 3.05) is 13.1 Å². The van der Waals surface area contributed by atoms with Gasteiger partial charge in [0.1, 0.15) is 0 Å². The number of rotatable bonds is 0. The third kappa shape index (κ3) is 1.95. The van der Waals surface area contributed by atoms with Crippen LogP contribution in [-0.4, -0.2) is 16.2 Å². The maximum absolute atomic E-state index is 2.48. The Hall–Kier alpha value is 0.690. The van der Waals surface area contributed by atoms with Gasteiger partial charge in [0.2, 0.25) is 0 Å². The maximum Gasteiger partial charge on any atom is 0.0201 e. The molecule has 1 saturated heterocycles. The molecule has 2 heteroatoms. The van der Waals surface area contributed by atoms with Crippen LogP contribution in [0.3, 0.4) is 0 Å². The van der Waals surface area contributed by atoms with Crippen LogP contribution in [0.25, 0.3) is 0 Å². The summed E-state index contributed by atoms with van der Waals surface area (Å²) in [4.78, 5) is 0. The van der Waals surface area contributed by atoms with E-state index in [0.29, 0.717) is 0 Å². The Labute approximate surface area is 89.4 Å². The highest BCUT2D eigenvalue weighted by Crippen LogP contribution is 2.41. The molecule has 0 aromatic heterocycles. The Balaban J connectivity index is 1.95. The topological polar surface area (TPSA) is 3.24 Å². The Morgan fingerprint density at radius 1 is 1.08 bits per heavy atom. The number of halogens is 1. The summed E-state index contributed by atoms with van der Waals surface area (Å²) in [5.41, 5.74) is 0. The van der Waals surface area contributed by atoms with Crippen molar-refractivity contribution in [1.82, 2.24) is 3.11 Å². The Bertz CT molecular complexity index is 144. The first-order chi connectivity index (χ1) is 5.75. The second-order valence-electron chi connectivity index (χ2n) is 4.58. The van der Waals surface area contributed by atoms with Gasteiger partial charge >= 0.3 is 0 Å². The second kappa shape index (κ2) is 3.82. The lowest BCUT2D eigenvalue weighted by molar-refractivity contribution is 0.378. The van der Waals surface area contributed by atoms with Gasteiger partial charge < -0.3 is 0 Å². The second-order valence-corrected chi connectivity index (χ2v) is 5.95. The van der Waals surface area contributed by atoms with E-state index in [2.05, 4.69) is 32.9 Å². The number of hydrogen-bond acceptors (Lipinski definition) is 1. The summed E-state index contributed by atoms with van der Waals surface area (Å²) in [6, 6.07) is 0. The first-order valence-electron chi connectivity index (χ1n) is 5.16. The molecule has 2 unspecified atom stereocenters. The molecule has 2 rings (SSSR count). The molecule has 0 aromatic rings. The Morgan fingerprint density at radius 2 is 1.58 bits per heavy atom. The van der Waals surface area contributed by atoms with Crippen LogP contribution in [0.15, 0.2) is 0 Å². The standard InChI is InChI=1S/C10H18IN/c1-8-6-9-2-4-12(11)5-3-10(9)7-8/h8-10H,2-7H2,1H3. The van der Waals surface area contributed by atoms with Crippen molar-refractivity contribution in [1.29, 1.82) is 0 Å². The molecule has 0 amide bonds. The largest absolute Gasteiger partial charge is 0.248 e. The smallest absolute Gasteiger partial charge is 0.0201 e. The van der Waals surface area contributed by atoms with Crippen LogP contribution < -0.4 is 0 Å². The molecule has 1 nitrogen and oxygen atoms in total. The summed E-state index contributed by atoms with van der Waals surface area (Å²) in [6.07, 6.45) is 5.93. The van der Waals surface area contributed by atoms with E-state index in [1.54, 1.807) is 0 Å². The number of fused-ring (bicyclic) bond motifs is 1. The van der Waals surface area contributed by atoms with Gasteiger partial charge in [-0.3, -0.25) is 0 Å². The van der Waals surface area contributed by atoms with Crippen molar-refractivity contribution in [3.05, 3.63) is 0 Å². The number of hydrogen-bond donors (Lipinski definition) is 0. The quantitative estimate of drug-likeness (QED) is 0.486. The van der Waals surface area contributed by atoms with E-state index >= 15 is 0 Å². The molecule has 0 aromatic carbocycles. The fourth-order valence-electron chi connectivity index (χ4n) is 2.95. The zero-order valence-electron chi connectivity index (χ0n) is 7.80. The van der Waals surface area contributed by atoms with Gasteiger partial charge in [-0.15, -0.1) is 0 Å². The predicted octanol–water partition coefficient (Wildman–Crippen LogP) is 3.09. The third-order valence-corrected chi connectivity index (χ3v) is 4.53. The molecule has 2 aliphatic rings. The van der Waals surface area contributed by atoms with Crippen LogP contribution in [0, 0.1) is 17.8 Å². The summed E-state index contributed by atoms with van der Waals surface area (Å²) < 4.78 is 2.47. The summed E-state index contributed by atoms with van der Waals surface area (Å²) in [6.45, 7) is 5.08. The van der Waals surface area contributed by atoms with Gasteiger partial charge in [-0.1, -0.05) is 6.92 Å². The minimum absolute atomic E-state index is 1.01. The normalized spacial score (nSPS) is 44.0. The van der Waals surface area contributed by atoms with Gasteiger partial charge in [-0.25, -0.2) is 3.11 Å².